The number of aryl methyl sites for hydroxylation is 1. The van der Waals surface area contributed by atoms with Gasteiger partial charge in [0.2, 0.25) is 0 Å². The second-order valence-electron chi connectivity index (χ2n) is 8.68. The zero-order valence-electron chi connectivity index (χ0n) is 19.4. The number of fused-ring (bicyclic) bond motifs is 1. The molecule has 0 saturated heterocycles. The average molecular weight is 455 g/mol. The lowest BCUT2D eigenvalue weighted by Gasteiger charge is -2.38. The number of hydrogen-bond acceptors (Lipinski definition) is 4. The molecule has 2 heterocycles. The lowest BCUT2D eigenvalue weighted by Crippen LogP contribution is -2.46. The summed E-state index contributed by atoms with van der Waals surface area (Å²) < 4.78 is 21.7. The van der Waals surface area contributed by atoms with E-state index < -0.39 is 0 Å². The Morgan fingerprint density at radius 3 is 1.76 bits per heavy atom. The van der Waals surface area contributed by atoms with Gasteiger partial charge in [-0.3, -0.25) is 0 Å². The third-order valence-corrected chi connectivity index (χ3v) is 6.23. The van der Waals surface area contributed by atoms with Gasteiger partial charge in [0.25, 0.3) is 0 Å². The van der Waals surface area contributed by atoms with Crippen molar-refractivity contribution in [3.63, 3.8) is 0 Å². The normalized spacial score (nSPS) is 19.6. The maximum Gasteiger partial charge on any atom is 0.144 e. The molecule has 5 heteroatoms. The van der Waals surface area contributed by atoms with Crippen molar-refractivity contribution in [2.24, 2.45) is 0 Å². The van der Waals surface area contributed by atoms with E-state index in [2.05, 4.69) is 47.9 Å². The van der Waals surface area contributed by atoms with Crippen molar-refractivity contribution in [3.8, 4) is 0 Å². The third-order valence-electron chi connectivity index (χ3n) is 6.23. The lowest BCUT2D eigenvalue weighted by atomic mass is 10.0. The minimum absolute atomic E-state index is 0.176. The Hall–Kier alpha value is -3.25. The van der Waals surface area contributed by atoms with E-state index in [9.17, 15) is 0 Å². The van der Waals surface area contributed by atoms with Gasteiger partial charge in [0.1, 0.15) is 24.1 Å². The molecule has 1 aliphatic heterocycles. The van der Waals surface area contributed by atoms with Crippen LogP contribution in [-0.2, 0) is 40.6 Å². The first-order valence-corrected chi connectivity index (χ1v) is 11.8. The number of aromatic nitrogens is 2. The molecule has 174 valence electrons. The molecule has 0 radical (unpaired) electrons. The molecule has 34 heavy (non-hydrogen) atoms. The first-order valence-electron chi connectivity index (χ1n) is 11.8. The van der Waals surface area contributed by atoms with Crippen LogP contribution in [0.1, 0.15) is 34.3 Å². The summed E-state index contributed by atoms with van der Waals surface area (Å²) in [5.41, 5.74) is 4.47. The molecule has 0 unspecified atom stereocenters. The van der Waals surface area contributed by atoms with Gasteiger partial charge in [-0.25, -0.2) is 4.98 Å². The number of ether oxygens (including phenoxy) is 3. The monoisotopic (exact) mass is 454 g/mol. The Balaban J connectivity index is 1.41. The zero-order chi connectivity index (χ0) is 23.2. The fraction of sp³-hybridized carbons (Fsp3) is 0.276. The van der Waals surface area contributed by atoms with Crippen LogP contribution in [0.15, 0.2) is 97.2 Å². The first-order chi connectivity index (χ1) is 16.8. The second kappa shape index (κ2) is 10.8. The van der Waals surface area contributed by atoms with Gasteiger partial charge in [-0.05, 0) is 23.6 Å². The Morgan fingerprint density at radius 2 is 1.21 bits per heavy atom. The van der Waals surface area contributed by atoms with E-state index in [0.717, 1.165) is 28.2 Å². The summed E-state index contributed by atoms with van der Waals surface area (Å²) in [7, 11) is 0. The molecule has 1 aliphatic rings. The largest absolute Gasteiger partial charge is 0.369 e. The van der Waals surface area contributed by atoms with Crippen LogP contribution in [0.25, 0.3) is 0 Å². The van der Waals surface area contributed by atoms with Crippen LogP contribution < -0.4 is 0 Å². The summed E-state index contributed by atoms with van der Waals surface area (Å²) in [4.78, 5) is 4.71. The summed E-state index contributed by atoms with van der Waals surface area (Å²) in [6.45, 7) is 4.24. The van der Waals surface area contributed by atoms with Crippen LogP contribution in [0.3, 0.4) is 0 Å². The highest BCUT2D eigenvalue weighted by atomic mass is 16.6. The van der Waals surface area contributed by atoms with E-state index >= 15 is 0 Å². The molecular formula is C29H30N2O3. The highest BCUT2D eigenvalue weighted by molar-refractivity contribution is 5.17. The van der Waals surface area contributed by atoms with Gasteiger partial charge in [0.05, 0.1) is 26.4 Å². The van der Waals surface area contributed by atoms with Gasteiger partial charge in [-0.15, -0.1) is 0 Å². The van der Waals surface area contributed by atoms with Gasteiger partial charge < -0.3 is 18.8 Å². The molecule has 4 aromatic rings. The fourth-order valence-corrected chi connectivity index (χ4v) is 4.39. The summed E-state index contributed by atoms with van der Waals surface area (Å²) in [6, 6.07) is 30.7. The smallest absolute Gasteiger partial charge is 0.144 e. The first kappa shape index (κ1) is 22.5. The molecule has 3 atom stereocenters. The number of hydrogen-bond donors (Lipinski definition) is 0. The lowest BCUT2D eigenvalue weighted by molar-refractivity contribution is -0.171. The minimum Gasteiger partial charge on any atom is -0.369 e. The van der Waals surface area contributed by atoms with Crippen molar-refractivity contribution >= 4 is 0 Å². The van der Waals surface area contributed by atoms with E-state index in [-0.39, 0.29) is 18.3 Å². The van der Waals surface area contributed by atoms with E-state index in [1.165, 1.54) is 0 Å². The van der Waals surface area contributed by atoms with E-state index in [1.54, 1.807) is 0 Å². The van der Waals surface area contributed by atoms with Crippen LogP contribution in [0.2, 0.25) is 0 Å². The van der Waals surface area contributed by atoms with E-state index in [1.807, 2.05) is 60.8 Å². The number of nitrogens with zero attached hydrogens (tertiary/aromatic N) is 2. The molecule has 0 spiro atoms. The molecule has 0 bridgehead atoms. The SMILES string of the molecule is Cc1cnc2n1C[C@H](OCc1ccccc1)[C@H](OCc1ccccc1)[C@H]2OCc1ccccc1. The van der Waals surface area contributed by atoms with Crippen LogP contribution in [0.5, 0.6) is 0 Å². The van der Waals surface area contributed by atoms with Gasteiger partial charge in [-0.2, -0.15) is 0 Å². The molecular weight excluding hydrogens is 424 g/mol. The predicted octanol–water partition coefficient (Wildman–Crippen LogP) is 5.63. The quantitative estimate of drug-likeness (QED) is 0.329. The fourth-order valence-electron chi connectivity index (χ4n) is 4.39. The van der Waals surface area contributed by atoms with Crippen LogP contribution in [0.4, 0.5) is 0 Å². The maximum absolute atomic E-state index is 6.53. The standard InChI is InChI=1S/C29H30N2O3/c1-22-17-30-29-28(34-21-25-15-9-4-10-16-25)27(33-20-24-13-7-3-8-14-24)26(18-31(22)29)32-19-23-11-5-2-6-12-23/h2-17,26-28H,18-21H2,1H3/t26-,27-,28+/m0/s1. The summed E-state index contributed by atoms with van der Waals surface area (Å²) in [5, 5.41) is 0. The van der Waals surface area contributed by atoms with Crippen LogP contribution in [0, 0.1) is 6.92 Å². The summed E-state index contributed by atoms with van der Waals surface area (Å²) >= 11 is 0. The van der Waals surface area contributed by atoms with Crippen molar-refractivity contribution in [3.05, 3.63) is 125 Å². The molecule has 1 aromatic heterocycles. The molecule has 0 N–H and O–H groups in total. The van der Waals surface area contributed by atoms with Crippen LogP contribution in [-0.4, -0.2) is 21.8 Å². The number of rotatable bonds is 9. The Bertz CT molecular complexity index is 1160. The topological polar surface area (TPSA) is 45.5 Å². The zero-order valence-corrected chi connectivity index (χ0v) is 19.4. The van der Waals surface area contributed by atoms with Crippen molar-refractivity contribution in [1.29, 1.82) is 0 Å². The molecule has 5 nitrogen and oxygen atoms in total. The van der Waals surface area contributed by atoms with E-state index in [0.29, 0.717) is 26.4 Å². The Morgan fingerprint density at radius 1 is 0.706 bits per heavy atom. The Kier molecular flexibility index (Phi) is 7.15. The van der Waals surface area contributed by atoms with Crippen molar-refractivity contribution in [2.75, 3.05) is 0 Å². The van der Waals surface area contributed by atoms with Crippen molar-refractivity contribution in [1.82, 2.24) is 9.55 Å². The maximum atomic E-state index is 6.53. The number of imidazole rings is 1. The third kappa shape index (κ3) is 5.28. The summed E-state index contributed by atoms with van der Waals surface area (Å²) in [5.74, 6) is 0.894. The molecule has 0 fully saturated rings. The minimum atomic E-state index is -0.341. The van der Waals surface area contributed by atoms with Gasteiger partial charge in [0.15, 0.2) is 0 Å². The van der Waals surface area contributed by atoms with Crippen molar-refractivity contribution < 1.29 is 14.2 Å². The molecule has 0 amide bonds. The predicted molar refractivity (Wildman–Crippen MR) is 131 cm³/mol. The Labute approximate surface area is 200 Å². The van der Waals surface area contributed by atoms with Crippen molar-refractivity contribution in [2.45, 2.75) is 51.6 Å². The van der Waals surface area contributed by atoms with E-state index in [4.69, 9.17) is 19.2 Å². The highest BCUT2D eigenvalue weighted by Crippen LogP contribution is 2.34. The molecule has 0 aliphatic carbocycles. The van der Waals surface area contributed by atoms with Crippen LogP contribution >= 0.6 is 0 Å². The second-order valence-corrected chi connectivity index (χ2v) is 8.68. The highest BCUT2D eigenvalue weighted by Gasteiger charge is 2.41. The van der Waals surface area contributed by atoms with Gasteiger partial charge >= 0.3 is 0 Å². The summed E-state index contributed by atoms with van der Waals surface area (Å²) in [6.07, 6.45) is 1.10. The molecule has 5 rings (SSSR count). The average Bonchev–Trinajstić information content (AvgIpc) is 3.27. The molecule has 0 saturated carbocycles. The van der Waals surface area contributed by atoms with Gasteiger partial charge in [0, 0.05) is 11.9 Å². The van der Waals surface area contributed by atoms with Gasteiger partial charge in [-0.1, -0.05) is 91.0 Å². The molecule has 3 aromatic carbocycles. The number of benzene rings is 3.